The Balaban J connectivity index is 1.89. The number of hydrogen-bond acceptors (Lipinski definition) is 1. The molecule has 0 unspecified atom stereocenters. The standard InChI is InChI=1S/C24H18BrN/c1-17-7-9-18(10-8-17)21-15-23(19-5-3-2-4-6-19)26-24(16-21)20-11-13-22(25)14-12-20/h2-16H,1H3. The summed E-state index contributed by atoms with van der Waals surface area (Å²) in [4.78, 5) is 4.93. The van der Waals surface area contributed by atoms with Crippen LogP contribution in [0, 0.1) is 6.92 Å². The van der Waals surface area contributed by atoms with Crippen molar-refractivity contribution in [2.24, 2.45) is 0 Å². The molecule has 0 aliphatic carbocycles. The number of aryl methyl sites for hydroxylation is 1. The molecule has 3 aromatic carbocycles. The molecule has 1 nitrogen and oxygen atoms in total. The maximum Gasteiger partial charge on any atom is 0.0715 e. The van der Waals surface area contributed by atoms with Gasteiger partial charge in [0, 0.05) is 15.6 Å². The Hall–Kier alpha value is -2.71. The molecule has 4 rings (SSSR count). The molecule has 126 valence electrons. The van der Waals surface area contributed by atoms with Gasteiger partial charge in [0.2, 0.25) is 0 Å². The smallest absolute Gasteiger partial charge is 0.0715 e. The van der Waals surface area contributed by atoms with Crippen molar-refractivity contribution < 1.29 is 0 Å². The summed E-state index contributed by atoms with van der Waals surface area (Å²) in [6, 6.07) is 31.6. The van der Waals surface area contributed by atoms with Crippen molar-refractivity contribution in [1.82, 2.24) is 4.98 Å². The largest absolute Gasteiger partial charge is 0.248 e. The van der Waals surface area contributed by atoms with E-state index in [0.29, 0.717) is 0 Å². The first-order valence-electron chi connectivity index (χ1n) is 8.59. The lowest BCUT2D eigenvalue weighted by Gasteiger charge is -2.10. The Bertz CT molecular complexity index is 956. The van der Waals surface area contributed by atoms with Gasteiger partial charge in [0.05, 0.1) is 11.4 Å². The van der Waals surface area contributed by atoms with E-state index in [4.69, 9.17) is 4.98 Å². The van der Waals surface area contributed by atoms with Gasteiger partial charge < -0.3 is 0 Å². The molecule has 0 fully saturated rings. The highest BCUT2D eigenvalue weighted by atomic mass is 79.9. The van der Waals surface area contributed by atoms with Crippen LogP contribution in [-0.4, -0.2) is 4.98 Å². The highest BCUT2D eigenvalue weighted by Crippen LogP contribution is 2.30. The summed E-state index contributed by atoms with van der Waals surface area (Å²) < 4.78 is 1.07. The molecule has 1 heterocycles. The van der Waals surface area contributed by atoms with Crippen LogP contribution in [0.5, 0.6) is 0 Å². The summed E-state index contributed by atoms with van der Waals surface area (Å²) in [6.07, 6.45) is 0. The van der Waals surface area contributed by atoms with Crippen LogP contribution < -0.4 is 0 Å². The fraction of sp³-hybridized carbons (Fsp3) is 0.0417. The zero-order chi connectivity index (χ0) is 17.9. The Morgan fingerprint density at radius 3 is 1.73 bits per heavy atom. The highest BCUT2D eigenvalue weighted by Gasteiger charge is 2.09. The van der Waals surface area contributed by atoms with Crippen LogP contribution in [0.3, 0.4) is 0 Å². The minimum Gasteiger partial charge on any atom is -0.248 e. The summed E-state index contributed by atoms with van der Waals surface area (Å²) in [5, 5.41) is 0. The number of aromatic nitrogens is 1. The molecule has 0 atom stereocenters. The number of halogens is 1. The first kappa shape index (κ1) is 16.7. The fourth-order valence-corrected chi connectivity index (χ4v) is 3.23. The maximum atomic E-state index is 4.93. The van der Waals surface area contributed by atoms with Crippen molar-refractivity contribution in [1.29, 1.82) is 0 Å². The van der Waals surface area contributed by atoms with Gasteiger partial charge in [0.1, 0.15) is 0 Å². The molecule has 1 aromatic heterocycles. The lowest BCUT2D eigenvalue weighted by Crippen LogP contribution is -1.91. The molecular weight excluding hydrogens is 382 g/mol. The maximum absolute atomic E-state index is 4.93. The minimum atomic E-state index is 0.981. The number of hydrogen-bond donors (Lipinski definition) is 0. The van der Waals surface area contributed by atoms with Crippen molar-refractivity contribution in [2.45, 2.75) is 6.92 Å². The molecule has 2 heteroatoms. The zero-order valence-electron chi connectivity index (χ0n) is 14.5. The Morgan fingerprint density at radius 2 is 1.12 bits per heavy atom. The van der Waals surface area contributed by atoms with Crippen molar-refractivity contribution >= 4 is 15.9 Å². The van der Waals surface area contributed by atoms with Gasteiger partial charge in [0.15, 0.2) is 0 Å². The molecule has 0 saturated heterocycles. The van der Waals surface area contributed by atoms with E-state index in [1.54, 1.807) is 0 Å². The molecule has 0 aliphatic heterocycles. The third kappa shape index (κ3) is 3.61. The van der Waals surface area contributed by atoms with Gasteiger partial charge in [-0.2, -0.15) is 0 Å². The molecular formula is C24H18BrN. The van der Waals surface area contributed by atoms with Gasteiger partial charge in [0.25, 0.3) is 0 Å². The van der Waals surface area contributed by atoms with E-state index in [-0.39, 0.29) is 0 Å². The van der Waals surface area contributed by atoms with E-state index < -0.39 is 0 Å². The second-order valence-corrected chi connectivity index (χ2v) is 7.28. The van der Waals surface area contributed by atoms with Crippen molar-refractivity contribution in [2.75, 3.05) is 0 Å². The average Bonchev–Trinajstić information content (AvgIpc) is 2.69. The van der Waals surface area contributed by atoms with Crippen LogP contribution in [0.25, 0.3) is 33.6 Å². The molecule has 0 radical (unpaired) electrons. The quantitative estimate of drug-likeness (QED) is 0.356. The zero-order valence-corrected chi connectivity index (χ0v) is 16.1. The van der Waals surface area contributed by atoms with Gasteiger partial charge in [-0.25, -0.2) is 4.98 Å². The monoisotopic (exact) mass is 399 g/mol. The molecule has 0 N–H and O–H groups in total. The van der Waals surface area contributed by atoms with Crippen LogP contribution in [0.2, 0.25) is 0 Å². The first-order valence-corrected chi connectivity index (χ1v) is 9.39. The van der Waals surface area contributed by atoms with E-state index in [1.165, 1.54) is 16.7 Å². The second-order valence-electron chi connectivity index (χ2n) is 6.37. The molecule has 0 saturated carbocycles. The molecule has 0 spiro atoms. The lowest BCUT2D eigenvalue weighted by atomic mass is 9.99. The molecule has 26 heavy (non-hydrogen) atoms. The topological polar surface area (TPSA) is 12.9 Å². The van der Waals surface area contributed by atoms with Crippen LogP contribution in [0.1, 0.15) is 5.56 Å². The number of rotatable bonds is 3. The summed E-state index contributed by atoms with van der Waals surface area (Å²) in [5.74, 6) is 0. The number of benzene rings is 3. The summed E-state index contributed by atoms with van der Waals surface area (Å²) in [6.45, 7) is 2.11. The number of pyridine rings is 1. The van der Waals surface area contributed by atoms with Gasteiger partial charge in [-0.15, -0.1) is 0 Å². The third-order valence-electron chi connectivity index (χ3n) is 4.42. The van der Waals surface area contributed by atoms with Crippen LogP contribution in [0.4, 0.5) is 0 Å². The predicted octanol–water partition coefficient (Wildman–Crippen LogP) is 7.15. The van der Waals surface area contributed by atoms with E-state index >= 15 is 0 Å². The molecule has 0 aliphatic rings. The van der Waals surface area contributed by atoms with Crippen LogP contribution in [-0.2, 0) is 0 Å². The Morgan fingerprint density at radius 1 is 0.577 bits per heavy atom. The minimum absolute atomic E-state index is 0.981. The van der Waals surface area contributed by atoms with Crippen molar-refractivity contribution in [3.63, 3.8) is 0 Å². The predicted molar refractivity (Wildman–Crippen MR) is 113 cm³/mol. The molecule has 0 bridgehead atoms. The van der Waals surface area contributed by atoms with E-state index in [2.05, 4.69) is 108 Å². The van der Waals surface area contributed by atoms with Crippen molar-refractivity contribution in [3.8, 4) is 33.6 Å². The van der Waals surface area contributed by atoms with E-state index in [0.717, 1.165) is 27.0 Å². The number of nitrogens with zero attached hydrogens (tertiary/aromatic N) is 1. The summed E-state index contributed by atoms with van der Waals surface area (Å²) in [7, 11) is 0. The van der Waals surface area contributed by atoms with Crippen molar-refractivity contribution in [3.05, 3.63) is 101 Å². The van der Waals surface area contributed by atoms with Gasteiger partial charge >= 0.3 is 0 Å². The lowest BCUT2D eigenvalue weighted by molar-refractivity contribution is 1.32. The fourth-order valence-electron chi connectivity index (χ4n) is 2.97. The third-order valence-corrected chi connectivity index (χ3v) is 4.95. The van der Waals surface area contributed by atoms with Gasteiger partial charge in [-0.1, -0.05) is 88.2 Å². The SMILES string of the molecule is Cc1ccc(-c2cc(-c3ccccc3)nc(-c3ccc(Br)cc3)c2)cc1. The second kappa shape index (κ2) is 7.27. The Kier molecular flexibility index (Phi) is 4.68. The normalized spacial score (nSPS) is 10.7. The Labute approximate surface area is 162 Å². The van der Waals surface area contributed by atoms with Crippen LogP contribution >= 0.6 is 15.9 Å². The highest BCUT2D eigenvalue weighted by molar-refractivity contribution is 9.10. The average molecular weight is 400 g/mol. The molecule has 4 aromatic rings. The first-order chi connectivity index (χ1) is 12.7. The van der Waals surface area contributed by atoms with E-state index in [1.807, 2.05) is 6.07 Å². The van der Waals surface area contributed by atoms with Gasteiger partial charge in [-0.3, -0.25) is 0 Å². The summed E-state index contributed by atoms with van der Waals surface area (Å²) >= 11 is 3.51. The van der Waals surface area contributed by atoms with Crippen LogP contribution in [0.15, 0.2) is 95.5 Å². The van der Waals surface area contributed by atoms with Gasteiger partial charge in [-0.05, 0) is 42.3 Å². The summed E-state index contributed by atoms with van der Waals surface area (Å²) in [5.41, 5.74) is 7.85. The van der Waals surface area contributed by atoms with E-state index in [9.17, 15) is 0 Å². The molecule has 0 amide bonds.